The molecular formula is C11H16O4. The number of rotatable bonds is 6. The minimum Gasteiger partial charge on any atom is -0.389 e. The van der Waals surface area contributed by atoms with Gasteiger partial charge >= 0.3 is 0 Å². The molecule has 0 spiro atoms. The molecule has 0 aromatic carbocycles. The van der Waals surface area contributed by atoms with E-state index < -0.39 is 18.0 Å². The van der Waals surface area contributed by atoms with E-state index in [1.54, 1.807) is 0 Å². The quantitative estimate of drug-likeness (QED) is 0.624. The second-order valence-electron chi connectivity index (χ2n) is 3.56. The SMILES string of the molecule is C=C(C)C(=O)CC(O)C(O)C(=O)C(=C)C. The van der Waals surface area contributed by atoms with Gasteiger partial charge in [0, 0.05) is 6.42 Å². The molecule has 0 bridgehead atoms. The van der Waals surface area contributed by atoms with Gasteiger partial charge in [0.15, 0.2) is 11.6 Å². The first kappa shape index (κ1) is 13.7. The molecule has 0 aliphatic heterocycles. The molecule has 0 rings (SSSR count). The van der Waals surface area contributed by atoms with E-state index in [-0.39, 0.29) is 23.4 Å². The van der Waals surface area contributed by atoms with Crippen LogP contribution >= 0.6 is 0 Å². The highest BCUT2D eigenvalue weighted by Crippen LogP contribution is 2.08. The minimum atomic E-state index is -1.59. The zero-order valence-corrected chi connectivity index (χ0v) is 8.99. The molecule has 2 atom stereocenters. The van der Waals surface area contributed by atoms with Crippen LogP contribution in [0.4, 0.5) is 0 Å². The fraction of sp³-hybridized carbons (Fsp3) is 0.455. The van der Waals surface area contributed by atoms with Crippen LogP contribution in [0.25, 0.3) is 0 Å². The maximum Gasteiger partial charge on any atom is 0.189 e. The third-order valence-electron chi connectivity index (χ3n) is 1.92. The van der Waals surface area contributed by atoms with Crippen molar-refractivity contribution in [1.82, 2.24) is 0 Å². The average molecular weight is 212 g/mol. The predicted octanol–water partition coefficient (Wildman–Crippen LogP) is 0.389. The van der Waals surface area contributed by atoms with Gasteiger partial charge in [-0.2, -0.15) is 0 Å². The van der Waals surface area contributed by atoms with Crippen molar-refractivity contribution in [3.63, 3.8) is 0 Å². The molecule has 0 aliphatic rings. The molecule has 0 fully saturated rings. The van der Waals surface area contributed by atoms with Gasteiger partial charge in [-0.25, -0.2) is 0 Å². The van der Waals surface area contributed by atoms with Crippen molar-refractivity contribution in [2.75, 3.05) is 0 Å². The second-order valence-corrected chi connectivity index (χ2v) is 3.56. The number of aliphatic hydroxyl groups excluding tert-OH is 2. The van der Waals surface area contributed by atoms with Crippen LogP contribution in [0.5, 0.6) is 0 Å². The first-order valence-corrected chi connectivity index (χ1v) is 4.52. The summed E-state index contributed by atoms with van der Waals surface area (Å²) in [6.07, 6.45) is -3.31. The summed E-state index contributed by atoms with van der Waals surface area (Å²) in [7, 11) is 0. The van der Waals surface area contributed by atoms with Gasteiger partial charge in [-0.15, -0.1) is 0 Å². The molecule has 0 aliphatic carbocycles. The van der Waals surface area contributed by atoms with E-state index in [0.717, 1.165) is 0 Å². The fourth-order valence-electron chi connectivity index (χ4n) is 0.903. The predicted molar refractivity (Wildman–Crippen MR) is 56.3 cm³/mol. The van der Waals surface area contributed by atoms with Crippen molar-refractivity contribution < 1.29 is 19.8 Å². The van der Waals surface area contributed by atoms with Crippen molar-refractivity contribution in [2.45, 2.75) is 32.5 Å². The Morgan fingerprint density at radius 3 is 1.93 bits per heavy atom. The van der Waals surface area contributed by atoms with Crippen LogP contribution in [-0.4, -0.2) is 34.0 Å². The van der Waals surface area contributed by atoms with Gasteiger partial charge in [0.25, 0.3) is 0 Å². The number of hydrogen-bond acceptors (Lipinski definition) is 4. The minimum absolute atomic E-state index is 0.143. The van der Waals surface area contributed by atoms with Crippen LogP contribution in [0.3, 0.4) is 0 Å². The van der Waals surface area contributed by atoms with Crippen molar-refractivity contribution in [1.29, 1.82) is 0 Å². The summed E-state index contributed by atoms with van der Waals surface area (Å²) in [5, 5.41) is 18.7. The van der Waals surface area contributed by atoms with Gasteiger partial charge in [0.05, 0.1) is 6.10 Å². The van der Waals surface area contributed by atoms with E-state index in [9.17, 15) is 19.8 Å². The molecular weight excluding hydrogens is 196 g/mol. The summed E-state index contributed by atoms with van der Waals surface area (Å²) in [6, 6.07) is 0. The van der Waals surface area contributed by atoms with Gasteiger partial charge in [-0.1, -0.05) is 13.2 Å². The van der Waals surface area contributed by atoms with Gasteiger partial charge in [0.1, 0.15) is 6.10 Å². The molecule has 2 N–H and O–H groups in total. The first-order chi connectivity index (χ1) is 6.77. The lowest BCUT2D eigenvalue weighted by Crippen LogP contribution is -2.35. The van der Waals surface area contributed by atoms with Crippen LogP contribution < -0.4 is 0 Å². The number of Topliss-reactive ketones (excluding diaryl/α,β-unsaturated/α-hetero) is 2. The molecule has 0 heterocycles. The Balaban J connectivity index is 4.40. The van der Waals surface area contributed by atoms with E-state index in [0.29, 0.717) is 0 Å². The van der Waals surface area contributed by atoms with Gasteiger partial charge in [-0.05, 0) is 25.0 Å². The Bertz CT molecular complexity index is 304. The number of carbonyl (C=O) groups excluding carboxylic acids is 2. The van der Waals surface area contributed by atoms with Crippen molar-refractivity contribution in [3.05, 3.63) is 24.3 Å². The van der Waals surface area contributed by atoms with Crippen LogP contribution in [-0.2, 0) is 9.59 Å². The smallest absolute Gasteiger partial charge is 0.189 e. The molecule has 0 amide bonds. The number of carbonyl (C=O) groups is 2. The Hall–Kier alpha value is -1.26. The van der Waals surface area contributed by atoms with Crippen LogP contribution in [0.15, 0.2) is 24.3 Å². The standard InChI is InChI=1S/C11H16O4/c1-6(2)8(12)5-9(13)11(15)10(14)7(3)4/h9,11,13,15H,1,3,5H2,2,4H3. The maximum atomic E-state index is 11.2. The van der Waals surface area contributed by atoms with Crippen LogP contribution in [0, 0.1) is 0 Å². The van der Waals surface area contributed by atoms with Gasteiger partial charge < -0.3 is 10.2 Å². The lowest BCUT2D eigenvalue weighted by atomic mass is 9.99. The number of allylic oxidation sites excluding steroid dienone is 1. The molecule has 4 heteroatoms. The second kappa shape index (κ2) is 5.58. The maximum absolute atomic E-state index is 11.2. The van der Waals surface area contributed by atoms with E-state index in [1.165, 1.54) is 13.8 Å². The molecule has 4 nitrogen and oxygen atoms in total. The van der Waals surface area contributed by atoms with E-state index in [1.807, 2.05) is 0 Å². The van der Waals surface area contributed by atoms with Crippen LogP contribution in [0.1, 0.15) is 20.3 Å². The molecule has 0 saturated carbocycles. The highest BCUT2D eigenvalue weighted by molar-refractivity contribution is 5.99. The Morgan fingerprint density at radius 2 is 1.60 bits per heavy atom. The summed E-state index contributed by atoms with van der Waals surface area (Å²) in [6.45, 7) is 9.68. The summed E-state index contributed by atoms with van der Waals surface area (Å²) >= 11 is 0. The van der Waals surface area contributed by atoms with E-state index in [4.69, 9.17) is 0 Å². The van der Waals surface area contributed by atoms with E-state index in [2.05, 4.69) is 13.2 Å². The summed E-state index contributed by atoms with van der Waals surface area (Å²) in [5.41, 5.74) is 0.424. The monoisotopic (exact) mass is 212 g/mol. The molecule has 0 aromatic heterocycles. The third kappa shape index (κ3) is 4.18. The Labute approximate surface area is 88.9 Å². The zero-order valence-electron chi connectivity index (χ0n) is 8.99. The molecule has 0 saturated heterocycles. The van der Waals surface area contributed by atoms with Crippen LogP contribution in [0.2, 0.25) is 0 Å². The highest BCUT2D eigenvalue weighted by Gasteiger charge is 2.26. The molecule has 0 aromatic rings. The molecule has 2 unspecified atom stereocenters. The average Bonchev–Trinajstić information content (AvgIpc) is 2.14. The van der Waals surface area contributed by atoms with Crippen molar-refractivity contribution >= 4 is 11.6 Å². The fourth-order valence-corrected chi connectivity index (χ4v) is 0.903. The summed E-state index contributed by atoms with van der Waals surface area (Å²) in [4.78, 5) is 22.3. The lowest BCUT2D eigenvalue weighted by molar-refractivity contribution is -0.131. The zero-order chi connectivity index (χ0) is 12.2. The lowest BCUT2D eigenvalue weighted by Gasteiger charge is -2.15. The topological polar surface area (TPSA) is 74.6 Å². The number of ketones is 2. The highest BCUT2D eigenvalue weighted by atomic mass is 16.3. The van der Waals surface area contributed by atoms with Gasteiger partial charge in [0.2, 0.25) is 0 Å². The largest absolute Gasteiger partial charge is 0.389 e. The first-order valence-electron chi connectivity index (χ1n) is 4.52. The third-order valence-corrected chi connectivity index (χ3v) is 1.92. The van der Waals surface area contributed by atoms with Crippen molar-refractivity contribution in [3.8, 4) is 0 Å². The Kier molecular flexibility index (Phi) is 5.11. The van der Waals surface area contributed by atoms with Gasteiger partial charge in [-0.3, -0.25) is 9.59 Å². The normalized spacial score (nSPS) is 14.1. The van der Waals surface area contributed by atoms with E-state index >= 15 is 0 Å². The summed E-state index contributed by atoms with van der Waals surface area (Å²) < 4.78 is 0. The molecule has 15 heavy (non-hydrogen) atoms. The molecule has 0 radical (unpaired) electrons. The van der Waals surface area contributed by atoms with Crippen molar-refractivity contribution in [2.24, 2.45) is 0 Å². The Morgan fingerprint density at radius 1 is 1.13 bits per heavy atom. The number of aliphatic hydroxyl groups is 2. The number of hydrogen-bond donors (Lipinski definition) is 2. The summed E-state index contributed by atoms with van der Waals surface area (Å²) in [5.74, 6) is -1.03. The molecule has 84 valence electrons.